The van der Waals surface area contributed by atoms with E-state index in [-0.39, 0.29) is 13.2 Å². The summed E-state index contributed by atoms with van der Waals surface area (Å²) in [4.78, 5) is 12.4. The van der Waals surface area contributed by atoms with Gasteiger partial charge in [0.15, 0.2) is 0 Å². The average Bonchev–Trinajstić information content (AvgIpc) is 2.92. The van der Waals surface area contributed by atoms with Crippen molar-refractivity contribution in [2.24, 2.45) is 0 Å². The number of hydrogen-bond donors (Lipinski definition) is 3. The molecule has 0 radical (unpaired) electrons. The van der Waals surface area contributed by atoms with Crippen LogP contribution in [0.4, 0.5) is 0 Å². The van der Waals surface area contributed by atoms with Crippen molar-refractivity contribution in [3.63, 3.8) is 0 Å². The summed E-state index contributed by atoms with van der Waals surface area (Å²) in [6.07, 6.45) is 33.7. The van der Waals surface area contributed by atoms with Gasteiger partial charge in [-0.05, 0) is 19.4 Å². The second kappa shape index (κ2) is 37.4. The fourth-order valence-electron chi connectivity index (χ4n) is 5.09. The van der Waals surface area contributed by atoms with Crippen LogP contribution in [0.2, 0.25) is 0 Å². The van der Waals surface area contributed by atoms with Crippen LogP contribution in [0.5, 0.6) is 0 Å². The molecule has 0 rings (SSSR count). The first-order valence-corrected chi connectivity index (χ1v) is 17.3. The van der Waals surface area contributed by atoms with Crippen LogP contribution < -0.4 is 0 Å². The molecule has 0 amide bonds. The second-order valence-electron chi connectivity index (χ2n) is 11.6. The number of hydrogen-bond acceptors (Lipinski definition) is 4. The third-order valence-electron chi connectivity index (χ3n) is 7.65. The van der Waals surface area contributed by atoms with E-state index >= 15 is 0 Å². The number of aliphatic hydroxyl groups is 2. The molecule has 3 N–H and O–H groups in total. The molecule has 0 saturated heterocycles. The van der Waals surface area contributed by atoms with E-state index in [9.17, 15) is 4.79 Å². The molecular formula is C34H71NO4. The van der Waals surface area contributed by atoms with Crippen molar-refractivity contribution >= 4 is 5.97 Å². The molecule has 0 aliphatic heterocycles. The first-order chi connectivity index (χ1) is 19.1. The van der Waals surface area contributed by atoms with E-state index in [1.165, 1.54) is 148 Å². The molecule has 0 aliphatic carbocycles. The van der Waals surface area contributed by atoms with Crippen molar-refractivity contribution in [2.75, 3.05) is 32.8 Å². The lowest BCUT2D eigenvalue weighted by molar-refractivity contribution is -0.137. The van der Waals surface area contributed by atoms with Gasteiger partial charge >= 0.3 is 5.97 Å². The molecule has 0 heterocycles. The maximum absolute atomic E-state index is 10.3. The van der Waals surface area contributed by atoms with Gasteiger partial charge in [0.05, 0.1) is 13.2 Å². The first-order valence-electron chi connectivity index (χ1n) is 17.3. The van der Waals surface area contributed by atoms with Crippen molar-refractivity contribution in [2.45, 2.75) is 181 Å². The summed E-state index contributed by atoms with van der Waals surface area (Å²) in [5.41, 5.74) is 0. The van der Waals surface area contributed by atoms with Gasteiger partial charge < -0.3 is 15.3 Å². The number of rotatable bonds is 31. The van der Waals surface area contributed by atoms with Crippen molar-refractivity contribution in [3.05, 3.63) is 0 Å². The highest BCUT2D eigenvalue weighted by atomic mass is 16.4. The van der Waals surface area contributed by atoms with Gasteiger partial charge in [-0.2, -0.15) is 0 Å². The van der Waals surface area contributed by atoms with Gasteiger partial charge in [0, 0.05) is 19.5 Å². The Morgan fingerprint density at radius 3 is 1.00 bits per heavy atom. The maximum Gasteiger partial charge on any atom is 0.303 e. The number of unbranched alkanes of at least 4 members (excludes halogenated alkanes) is 23. The lowest BCUT2D eigenvalue weighted by Gasteiger charge is -2.19. The van der Waals surface area contributed by atoms with Crippen molar-refractivity contribution in [1.82, 2.24) is 4.90 Å². The summed E-state index contributed by atoms with van der Waals surface area (Å²) in [6.45, 7) is 7.31. The van der Waals surface area contributed by atoms with E-state index in [4.69, 9.17) is 15.3 Å². The van der Waals surface area contributed by atoms with Gasteiger partial charge in [-0.1, -0.05) is 162 Å². The van der Waals surface area contributed by atoms with Gasteiger partial charge in [0.2, 0.25) is 0 Å². The van der Waals surface area contributed by atoms with E-state index < -0.39 is 5.97 Å². The van der Waals surface area contributed by atoms with Crippen LogP contribution in [0.15, 0.2) is 0 Å². The van der Waals surface area contributed by atoms with E-state index in [1.54, 1.807) is 0 Å². The molecule has 39 heavy (non-hydrogen) atoms. The van der Waals surface area contributed by atoms with Crippen molar-refractivity contribution < 1.29 is 20.1 Å². The summed E-state index contributed by atoms with van der Waals surface area (Å²) in [6, 6.07) is 0. The quantitative estimate of drug-likeness (QED) is 0.0739. The van der Waals surface area contributed by atoms with Crippen LogP contribution in [-0.2, 0) is 4.79 Å². The minimum atomic E-state index is -0.655. The summed E-state index contributed by atoms with van der Waals surface area (Å²) in [5, 5.41) is 26.4. The molecular weight excluding hydrogens is 486 g/mol. The molecule has 0 aromatic carbocycles. The normalized spacial score (nSPS) is 11.1. The summed E-state index contributed by atoms with van der Waals surface area (Å²) in [7, 11) is 0. The Morgan fingerprint density at radius 2 is 0.718 bits per heavy atom. The van der Waals surface area contributed by atoms with Crippen LogP contribution >= 0.6 is 0 Å². The SMILES string of the molecule is CCCCCCCCCCCCCCC(=O)O.CCCCCCCCCCCCCCCN(CCO)CCO. The summed E-state index contributed by atoms with van der Waals surface area (Å²) < 4.78 is 0. The average molecular weight is 558 g/mol. The fraction of sp³-hybridized carbons (Fsp3) is 0.971. The Labute approximate surface area is 244 Å². The van der Waals surface area contributed by atoms with Crippen LogP contribution in [0, 0.1) is 0 Å². The van der Waals surface area contributed by atoms with Crippen LogP contribution in [0.1, 0.15) is 181 Å². The molecule has 0 spiro atoms. The Morgan fingerprint density at radius 1 is 0.436 bits per heavy atom. The van der Waals surface area contributed by atoms with Gasteiger partial charge in [-0.25, -0.2) is 0 Å². The van der Waals surface area contributed by atoms with E-state index in [0.29, 0.717) is 19.5 Å². The first kappa shape index (κ1) is 40.5. The highest BCUT2D eigenvalue weighted by molar-refractivity contribution is 5.66. The number of nitrogens with zero attached hydrogens (tertiary/aromatic N) is 1. The molecule has 236 valence electrons. The minimum Gasteiger partial charge on any atom is -0.481 e. The number of carboxylic acid groups (broad SMARTS) is 1. The van der Waals surface area contributed by atoms with E-state index in [1.807, 2.05) is 0 Å². The van der Waals surface area contributed by atoms with Crippen LogP contribution in [0.3, 0.4) is 0 Å². The van der Waals surface area contributed by atoms with Gasteiger partial charge in [-0.3, -0.25) is 9.69 Å². The topological polar surface area (TPSA) is 81.0 Å². The molecule has 5 nitrogen and oxygen atoms in total. The van der Waals surface area contributed by atoms with Crippen molar-refractivity contribution in [3.8, 4) is 0 Å². The van der Waals surface area contributed by atoms with Crippen molar-refractivity contribution in [1.29, 1.82) is 0 Å². The Kier molecular flexibility index (Phi) is 38.8. The van der Waals surface area contributed by atoms with Gasteiger partial charge in [-0.15, -0.1) is 0 Å². The van der Waals surface area contributed by atoms with Gasteiger partial charge in [0.25, 0.3) is 0 Å². The minimum absolute atomic E-state index is 0.193. The van der Waals surface area contributed by atoms with E-state index in [0.717, 1.165) is 19.4 Å². The lowest BCUT2D eigenvalue weighted by atomic mass is 10.0. The maximum atomic E-state index is 10.3. The highest BCUT2D eigenvalue weighted by Gasteiger charge is 2.02. The van der Waals surface area contributed by atoms with Crippen LogP contribution in [0.25, 0.3) is 0 Å². The number of aliphatic carboxylic acids is 1. The molecule has 0 fully saturated rings. The highest BCUT2D eigenvalue weighted by Crippen LogP contribution is 2.13. The molecule has 0 unspecified atom stereocenters. The number of aliphatic hydroxyl groups excluding tert-OH is 2. The monoisotopic (exact) mass is 558 g/mol. The van der Waals surface area contributed by atoms with Crippen LogP contribution in [-0.4, -0.2) is 59.0 Å². The Hall–Kier alpha value is -0.650. The zero-order chi connectivity index (χ0) is 29.1. The summed E-state index contributed by atoms with van der Waals surface area (Å²) in [5.74, 6) is -0.655. The second-order valence-corrected chi connectivity index (χ2v) is 11.6. The largest absolute Gasteiger partial charge is 0.481 e. The smallest absolute Gasteiger partial charge is 0.303 e. The number of carbonyl (C=O) groups is 1. The molecule has 0 saturated carbocycles. The predicted molar refractivity (Wildman–Crippen MR) is 170 cm³/mol. The Balaban J connectivity index is 0. The third-order valence-corrected chi connectivity index (χ3v) is 7.65. The molecule has 0 bridgehead atoms. The lowest BCUT2D eigenvalue weighted by Crippen LogP contribution is -2.30. The Bertz CT molecular complexity index is 441. The summed E-state index contributed by atoms with van der Waals surface area (Å²) >= 11 is 0. The zero-order valence-corrected chi connectivity index (χ0v) is 26.6. The fourth-order valence-corrected chi connectivity index (χ4v) is 5.09. The standard InChI is InChI=1S/C19H41NO2.C15H30O2/c1-2-3-4-5-6-7-8-9-10-11-12-13-14-15-20(16-18-21)17-19-22;1-2-3-4-5-6-7-8-9-10-11-12-13-14-15(16)17/h21-22H,2-19H2,1H3;2-14H2,1H3,(H,16,17). The molecule has 0 aromatic heterocycles. The van der Waals surface area contributed by atoms with E-state index in [2.05, 4.69) is 18.7 Å². The molecule has 0 aromatic rings. The predicted octanol–water partition coefficient (Wildman–Crippen LogP) is 9.53. The third kappa shape index (κ3) is 39.6. The number of carboxylic acids is 1. The zero-order valence-electron chi connectivity index (χ0n) is 26.6. The molecule has 5 heteroatoms. The molecule has 0 atom stereocenters. The van der Waals surface area contributed by atoms with Gasteiger partial charge in [0.1, 0.15) is 0 Å². The molecule has 0 aliphatic rings.